The molecule has 0 radical (unpaired) electrons. The summed E-state index contributed by atoms with van der Waals surface area (Å²) in [7, 11) is 0. The molecule has 0 unspecified atom stereocenters. The van der Waals surface area contributed by atoms with Crippen LogP contribution in [0.5, 0.6) is 0 Å². The molecule has 0 amide bonds. The molecule has 0 aliphatic heterocycles. The number of Topliss-reactive ketones (excluding diaryl/α,β-unsaturated/α-hetero) is 1. The molecule has 4 saturated carbocycles. The normalized spacial score (nSPS) is 47.1. The summed E-state index contributed by atoms with van der Waals surface area (Å²) in [5, 5.41) is 21.9. The second-order valence-corrected chi connectivity index (χ2v) is 14.2. The van der Waals surface area contributed by atoms with Crippen molar-refractivity contribution in [2.45, 2.75) is 124 Å². The molecule has 2 N–H and O–H groups in total. The van der Waals surface area contributed by atoms with Crippen LogP contribution in [0.15, 0.2) is 12.2 Å². The van der Waals surface area contributed by atoms with E-state index in [-0.39, 0.29) is 21.7 Å². The van der Waals surface area contributed by atoms with Crippen molar-refractivity contribution in [2.75, 3.05) is 0 Å². The van der Waals surface area contributed by atoms with E-state index in [0.29, 0.717) is 42.3 Å². The van der Waals surface area contributed by atoms with Crippen LogP contribution in [0.1, 0.15) is 113 Å². The maximum Gasteiger partial charge on any atom is 0.138 e. The van der Waals surface area contributed by atoms with Crippen molar-refractivity contribution in [1.82, 2.24) is 0 Å². The highest BCUT2D eigenvalue weighted by molar-refractivity contribution is 5.85. The van der Waals surface area contributed by atoms with E-state index in [1.54, 1.807) is 0 Å². The fourth-order valence-corrected chi connectivity index (χ4v) is 10.1. The number of hydrogen-bond acceptors (Lipinski definition) is 3. The third-order valence-corrected chi connectivity index (χ3v) is 12.4. The third-order valence-electron chi connectivity index (χ3n) is 12.4. The molecule has 0 saturated heterocycles. The second-order valence-electron chi connectivity index (χ2n) is 14.2. The Kier molecular flexibility index (Phi) is 6.10. The minimum absolute atomic E-state index is 0.196. The Morgan fingerprint density at radius 2 is 1.67 bits per heavy atom. The Morgan fingerprint density at radius 3 is 2.30 bits per heavy atom. The molecule has 0 spiro atoms. The lowest BCUT2D eigenvalue weighted by Crippen LogP contribution is -2.63. The number of carbonyl (C=O) groups excluding carboxylic acids is 1. The van der Waals surface area contributed by atoms with Crippen LogP contribution >= 0.6 is 0 Å². The molecule has 4 rings (SSSR count). The van der Waals surface area contributed by atoms with Gasteiger partial charge >= 0.3 is 0 Å². The van der Waals surface area contributed by atoms with E-state index in [9.17, 15) is 15.0 Å². The molecular formula is C30H50O3. The lowest BCUT2D eigenvalue weighted by atomic mass is 9.35. The fourth-order valence-electron chi connectivity index (χ4n) is 10.1. The van der Waals surface area contributed by atoms with Gasteiger partial charge in [0, 0.05) is 11.8 Å². The summed E-state index contributed by atoms with van der Waals surface area (Å²) in [6.45, 7) is 19.9. The highest BCUT2D eigenvalue weighted by atomic mass is 16.3. The van der Waals surface area contributed by atoms with E-state index in [0.717, 1.165) is 31.3 Å². The van der Waals surface area contributed by atoms with Gasteiger partial charge in [0.25, 0.3) is 0 Å². The topological polar surface area (TPSA) is 57.5 Å². The van der Waals surface area contributed by atoms with Gasteiger partial charge in [0.2, 0.25) is 0 Å². The lowest BCUT2D eigenvalue weighted by Gasteiger charge is -2.69. The molecular weight excluding hydrogens is 408 g/mol. The van der Waals surface area contributed by atoms with Gasteiger partial charge < -0.3 is 10.2 Å². The monoisotopic (exact) mass is 458 g/mol. The van der Waals surface area contributed by atoms with Crippen LogP contribution in [-0.2, 0) is 4.79 Å². The lowest BCUT2D eigenvalue weighted by molar-refractivity contribution is -0.207. The number of carbonyl (C=O) groups is 1. The van der Waals surface area contributed by atoms with Crippen LogP contribution in [0.2, 0.25) is 0 Å². The molecule has 188 valence electrons. The van der Waals surface area contributed by atoms with Gasteiger partial charge in [-0.05, 0) is 112 Å². The highest BCUT2D eigenvalue weighted by Gasteiger charge is 2.69. The molecule has 0 aromatic rings. The summed E-state index contributed by atoms with van der Waals surface area (Å²) in [4.78, 5) is 12.9. The van der Waals surface area contributed by atoms with Gasteiger partial charge in [0.05, 0.1) is 11.7 Å². The van der Waals surface area contributed by atoms with Gasteiger partial charge in [-0.25, -0.2) is 0 Å². The zero-order chi connectivity index (χ0) is 24.6. The van der Waals surface area contributed by atoms with Crippen molar-refractivity contribution < 1.29 is 15.0 Å². The zero-order valence-electron chi connectivity index (χ0n) is 22.5. The Morgan fingerprint density at radius 1 is 1.03 bits per heavy atom. The quantitative estimate of drug-likeness (QED) is 0.450. The molecule has 3 nitrogen and oxygen atoms in total. The maximum absolute atomic E-state index is 12.9. The first-order valence-corrected chi connectivity index (χ1v) is 13.7. The summed E-state index contributed by atoms with van der Waals surface area (Å²) >= 11 is 0. The first kappa shape index (κ1) is 25.4. The standard InChI is InChI=1S/C30H50O3/c1-19(2)22(31)12-18-30(8,33)21-11-16-28(6)20(21)9-10-24-27(5)15-14-25(32)26(3,4)23(27)13-17-29(24,28)7/h20-24,31,33H,1,9-18H2,2-8H3/t20-,21+,22-,23+,24-,27+,28-,29-,30+/m1/s1. The van der Waals surface area contributed by atoms with E-state index in [1.165, 1.54) is 25.7 Å². The number of hydrogen-bond donors (Lipinski definition) is 2. The van der Waals surface area contributed by atoms with Crippen molar-refractivity contribution >= 4 is 5.78 Å². The molecule has 4 aliphatic rings. The summed E-state index contributed by atoms with van der Waals surface area (Å²) in [6.07, 6.45) is 9.58. The van der Waals surface area contributed by atoms with Crippen LogP contribution in [0.4, 0.5) is 0 Å². The van der Waals surface area contributed by atoms with Crippen LogP contribution in [0, 0.1) is 45.3 Å². The summed E-state index contributed by atoms with van der Waals surface area (Å²) in [5.41, 5.74) is 0.580. The SMILES string of the molecule is C=C(C)[C@H](O)CC[C@](C)(O)[C@H]1CC[C@]2(C)[C@@H]1CC[C@@H]1[C@@]3(C)CCC(=O)C(C)(C)[C@@H]3CC[C@]12C. The Balaban J connectivity index is 1.60. The van der Waals surface area contributed by atoms with Crippen molar-refractivity contribution in [3.8, 4) is 0 Å². The maximum atomic E-state index is 12.9. The van der Waals surface area contributed by atoms with E-state index in [2.05, 4.69) is 41.2 Å². The van der Waals surface area contributed by atoms with E-state index in [1.807, 2.05) is 13.8 Å². The molecule has 9 atom stereocenters. The number of ketones is 1. The first-order valence-electron chi connectivity index (χ1n) is 13.7. The average Bonchev–Trinajstić information content (AvgIpc) is 3.08. The molecule has 4 aliphatic carbocycles. The minimum atomic E-state index is -0.748. The largest absolute Gasteiger partial charge is 0.390 e. The highest BCUT2D eigenvalue weighted by Crippen LogP contribution is 2.75. The van der Waals surface area contributed by atoms with Gasteiger partial charge in [0.1, 0.15) is 5.78 Å². The minimum Gasteiger partial charge on any atom is -0.390 e. The Bertz CT molecular complexity index is 811. The number of rotatable bonds is 5. The summed E-state index contributed by atoms with van der Waals surface area (Å²) in [5.74, 6) is 2.46. The molecule has 0 bridgehead atoms. The van der Waals surface area contributed by atoms with Crippen molar-refractivity contribution in [3.63, 3.8) is 0 Å². The molecule has 0 heterocycles. The smallest absolute Gasteiger partial charge is 0.138 e. The van der Waals surface area contributed by atoms with Crippen LogP contribution in [-0.4, -0.2) is 27.7 Å². The van der Waals surface area contributed by atoms with Crippen molar-refractivity contribution in [2.24, 2.45) is 45.3 Å². The van der Waals surface area contributed by atoms with Crippen LogP contribution < -0.4 is 0 Å². The van der Waals surface area contributed by atoms with Crippen LogP contribution in [0.3, 0.4) is 0 Å². The number of aliphatic hydroxyl groups is 2. The number of fused-ring (bicyclic) bond motifs is 5. The third kappa shape index (κ3) is 3.53. The van der Waals surface area contributed by atoms with E-state index >= 15 is 0 Å². The van der Waals surface area contributed by atoms with Gasteiger partial charge in [-0.2, -0.15) is 0 Å². The zero-order valence-corrected chi connectivity index (χ0v) is 22.5. The summed E-state index contributed by atoms with van der Waals surface area (Å²) < 4.78 is 0. The van der Waals surface area contributed by atoms with Gasteiger partial charge in [-0.3, -0.25) is 4.79 Å². The van der Waals surface area contributed by atoms with Crippen molar-refractivity contribution in [1.29, 1.82) is 0 Å². The molecule has 0 aromatic heterocycles. The summed E-state index contributed by atoms with van der Waals surface area (Å²) in [6, 6.07) is 0. The van der Waals surface area contributed by atoms with E-state index in [4.69, 9.17) is 0 Å². The van der Waals surface area contributed by atoms with Gasteiger partial charge in [-0.15, -0.1) is 0 Å². The Labute approximate surface area is 202 Å². The molecule has 4 fully saturated rings. The molecule has 33 heavy (non-hydrogen) atoms. The van der Waals surface area contributed by atoms with E-state index < -0.39 is 11.7 Å². The van der Waals surface area contributed by atoms with Gasteiger partial charge in [-0.1, -0.05) is 46.8 Å². The van der Waals surface area contributed by atoms with Crippen molar-refractivity contribution in [3.05, 3.63) is 12.2 Å². The molecule has 3 heteroatoms. The predicted octanol–water partition coefficient (Wildman–Crippen LogP) is 6.71. The average molecular weight is 459 g/mol. The van der Waals surface area contributed by atoms with Gasteiger partial charge in [0.15, 0.2) is 0 Å². The predicted molar refractivity (Wildman–Crippen MR) is 135 cm³/mol. The van der Waals surface area contributed by atoms with Crippen LogP contribution in [0.25, 0.3) is 0 Å². The number of aliphatic hydroxyl groups excluding tert-OH is 1. The second kappa shape index (κ2) is 7.92. The Hall–Kier alpha value is -0.670. The fraction of sp³-hybridized carbons (Fsp3) is 0.900. The first-order chi connectivity index (χ1) is 15.1. The molecule has 0 aromatic carbocycles.